The highest BCUT2D eigenvalue weighted by Crippen LogP contribution is 2.16. The molecule has 1 amide bonds. The fraction of sp³-hybridized carbons (Fsp3) is 0.467. The molecule has 20 heavy (non-hydrogen) atoms. The number of carbonyl (C=O) groups excluding carboxylic acids is 1. The van der Waals surface area contributed by atoms with Crippen molar-refractivity contribution in [1.82, 2.24) is 10.6 Å². The van der Waals surface area contributed by atoms with Gasteiger partial charge in [-0.3, -0.25) is 4.79 Å². The predicted molar refractivity (Wildman–Crippen MR) is 75.2 cm³/mol. The zero-order valence-electron chi connectivity index (χ0n) is 11.6. The molecular weight excluding hydrogens is 256 g/mol. The predicted octanol–water partition coefficient (Wildman–Crippen LogP) is 1.07. The molecule has 2 rings (SSSR count). The number of benzene rings is 1. The Kier molecular flexibility index (Phi) is 4.74. The minimum atomic E-state index is -0.976. The Balaban J connectivity index is 1.99. The Morgan fingerprint density at radius 2 is 2.10 bits per heavy atom. The van der Waals surface area contributed by atoms with E-state index in [1.807, 2.05) is 31.2 Å². The maximum atomic E-state index is 12.2. The number of carboxylic acids is 1. The van der Waals surface area contributed by atoms with E-state index in [9.17, 15) is 9.59 Å². The van der Waals surface area contributed by atoms with Gasteiger partial charge in [0.1, 0.15) is 6.04 Å². The summed E-state index contributed by atoms with van der Waals surface area (Å²) < 4.78 is 0. The summed E-state index contributed by atoms with van der Waals surface area (Å²) in [5.41, 5.74) is 2.34. The second-order valence-electron chi connectivity index (χ2n) is 5.09. The highest BCUT2D eigenvalue weighted by Gasteiger charge is 2.27. The largest absolute Gasteiger partial charge is 0.480 e. The van der Waals surface area contributed by atoms with Crippen LogP contribution in [0, 0.1) is 0 Å². The molecule has 5 heteroatoms. The normalized spacial score (nSPS) is 18.9. The van der Waals surface area contributed by atoms with Crippen LogP contribution < -0.4 is 10.6 Å². The van der Waals surface area contributed by atoms with Crippen molar-refractivity contribution in [2.75, 3.05) is 0 Å². The van der Waals surface area contributed by atoms with Gasteiger partial charge in [-0.05, 0) is 24.0 Å². The first-order chi connectivity index (χ1) is 9.61. The van der Waals surface area contributed by atoms with Crippen LogP contribution in [-0.4, -0.2) is 29.1 Å². The number of nitrogens with one attached hydrogen (secondary N) is 2. The average Bonchev–Trinajstić information content (AvgIpc) is 2.46. The van der Waals surface area contributed by atoms with Gasteiger partial charge in [0.05, 0.1) is 6.04 Å². The number of hydrogen-bond acceptors (Lipinski definition) is 3. The van der Waals surface area contributed by atoms with E-state index in [0.717, 1.165) is 12.0 Å². The molecule has 0 aromatic heterocycles. The van der Waals surface area contributed by atoms with Gasteiger partial charge >= 0.3 is 5.97 Å². The van der Waals surface area contributed by atoms with Gasteiger partial charge in [-0.15, -0.1) is 0 Å². The molecule has 1 aliphatic rings. The Morgan fingerprint density at radius 1 is 1.40 bits per heavy atom. The van der Waals surface area contributed by atoms with Gasteiger partial charge in [0, 0.05) is 6.54 Å². The summed E-state index contributed by atoms with van der Waals surface area (Å²) in [5, 5.41) is 14.8. The average molecular weight is 276 g/mol. The number of hydrogen-bond donors (Lipinski definition) is 3. The molecule has 1 aromatic carbocycles. The van der Waals surface area contributed by atoms with E-state index < -0.39 is 12.0 Å². The highest BCUT2D eigenvalue weighted by atomic mass is 16.4. The van der Waals surface area contributed by atoms with E-state index in [0.29, 0.717) is 19.4 Å². The molecule has 1 heterocycles. The topological polar surface area (TPSA) is 78.4 Å². The Labute approximate surface area is 118 Å². The van der Waals surface area contributed by atoms with Crippen LogP contribution in [0.4, 0.5) is 0 Å². The number of fused-ring (bicyclic) bond motifs is 1. The maximum Gasteiger partial charge on any atom is 0.326 e. The SMILES string of the molecule is CCCC(NC(=O)[C@@H]1Cc2ccccc2CN1)C(=O)O. The fourth-order valence-electron chi connectivity index (χ4n) is 2.46. The summed E-state index contributed by atoms with van der Waals surface area (Å²) >= 11 is 0. The molecule has 108 valence electrons. The van der Waals surface area contributed by atoms with Crippen LogP contribution in [0.2, 0.25) is 0 Å². The van der Waals surface area contributed by atoms with Crippen LogP contribution in [0.1, 0.15) is 30.9 Å². The van der Waals surface area contributed by atoms with Crippen molar-refractivity contribution in [3.8, 4) is 0 Å². The molecule has 0 bridgehead atoms. The van der Waals surface area contributed by atoms with E-state index in [-0.39, 0.29) is 11.9 Å². The van der Waals surface area contributed by atoms with Crippen LogP contribution in [0.5, 0.6) is 0 Å². The molecule has 0 radical (unpaired) electrons. The monoisotopic (exact) mass is 276 g/mol. The van der Waals surface area contributed by atoms with Crippen molar-refractivity contribution in [2.24, 2.45) is 0 Å². The molecular formula is C15H20N2O3. The molecule has 1 aliphatic heterocycles. The number of amides is 1. The van der Waals surface area contributed by atoms with Gasteiger partial charge in [-0.25, -0.2) is 4.79 Å². The van der Waals surface area contributed by atoms with Crippen LogP contribution in [0.15, 0.2) is 24.3 Å². The van der Waals surface area contributed by atoms with Gasteiger partial charge in [0.2, 0.25) is 5.91 Å². The number of rotatable bonds is 5. The van der Waals surface area contributed by atoms with Crippen LogP contribution in [0.3, 0.4) is 0 Å². The zero-order valence-corrected chi connectivity index (χ0v) is 11.6. The summed E-state index contributed by atoms with van der Waals surface area (Å²) in [6.07, 6.45) is 1.77. The van der Waals surface area contributed by atoms with Crippen LogP contribution in [0.25, 0.3) is 0 Å². The lowest BCUT2D eigenvalue weighted by atomic mass is 9.95. The molecule has 0 aliphatic carbocycles. The minimum Gasteiger partial charge on any atom is -0.480 e. The van der Waals surface area contributed by atoms with Crippen molar-refractivity contribution in [3.05, 3.63) is 35.4 Å². The second kappa shape index (κ2) is 6.52. The molecule has 0 spiro atoms. The Morgan fingerprint density at radius 3 is 2.75 bits per heavy atom. The molecule has 1 unspecified atom stereocenters. The van der Waals surface area contributed by atoms with E-state index >= 15 is 0 Å². The first-order valence-electron chi connectivity index (χ1n) is 6.95. The molecule has 0 saturated carbocycles. The Hall–Kier alpha value is -1.88. The van der Waals surface area contributed by atoms with Gasteiger partial charge in [-0.1, -0.05) is 37.6 Å². The molecule has 2 atom stereocenters. The molecule has 0 saturated heterocycles. The van der Waals surface area contributed by atoms with Crippen molar-refractivity contribution in [3.63, 3.8) is 0 Å². The van der Waals surface area contributed by atoms with E-state index in [2.05, 4.69) is 10.6 Å². The summed E-state index contributed by atoms with van der Waals surface area (Å²) in [4.78, 5) is 23.2. The van der Waals surface area contributed by atoms with E-state index in [1.54, 1.807) is 0 Å². The van der Waals surface area contributed by atoms with Gasteiger partial charge in [0.25, 0.3) is 0 Å². The van der Waals surface area contributed by atoms with Crippen molar-refractivity contribution >= 4 is 11.9 Å². The van der Waals surface area contributed by atoms with Gasteiger partial charge < -0.3 is 15.7 Å². The molecule has 5 nitrogen and oxygen atoms in total. The molecule has 3 N–H and O–H groups in total. The number of carbonyl (C=O) groups is 2. The summed E-state index contributed by atoms with van der Waals surface area (Å²) in [5.74, 6) is -1.21. The third-order valence-corrected chi connectivity index (χ3v) is 3.59. The summed E-state index contributed by atoms with van der Waals surface area (Å²) in [6.45, 7) is 2.54. The summed E-state index contributed by atoms with van der Waals surface area (Å²) in [6, 6.07) is 6.82. The van der Waals surface area contributed by atoms with Crippen LogP contribution in [-0.2, 0) is 22.6 Å². The fourth-order valence-corrected chi connectivity index (χ4v) is 2.46. The smallest absolute Gasteiger partial charge is 0.326 e. The first kappa shape index (κ1) is 14.5. The third-order valence-electron chi connectivity index (χ3n) is 3.59. The van der Waals surface area contributed by atoms with E-state index in [1.165, 1.54) is 5.56 Å². The van der Waals surface area contributed by atoms with Gasteiger partial charge in [0.15, 0.2) is 0 Å². The van der Waals surface area contributed by atoms with Crippen LogP contribution >= 0.6 is 0 Å². The van der Waals surface area contributed by atoms with Crippen molar-refractivity contribution in [2.45, 2.75) is 44.8 Å². The molecule has 1 aromatic rings. The maximum absolute atomic E-state index is 12.2. The number of carboxylic acid groups (broad SMARTS) is 1. The lowest BCUT2D eigenvalue weighted by Crippen LogP contribution is -2.52. The zero-order chi connectivity index (χ0) is 14.5. The molecule has 0 fully saturated rings. The third kappa shape index (κ3) is 3.36. The second-order valence-corrected chi connectivity index (χ2v) is 5.09. The standard InChI is InChI=1S/C15H20N2O3/c1-2-5-12(15(19)20)17-14(18)13-8-10-6-3-4-7-11(10)9-16-13/h3-4,6-7,12-13,16H,2,5,8-9H2,1H3,(H,17,18)(H,19,20)/t12?,13-/m0/s1. The Bertz CT molecular complexity index is 502. The minimum absolute atomic E-state index is 0.236. The first-order valence-corrected chi connectivity index (χ1v) is 6.95. The lowest BCUT2D eigenvalue weighted by molar-refractivity contribution is -0.142. The summed E-state index contributed by atoms with van der Waals surface area (Å²) in [7, 11) is 0. The quantitative estimate of drug-likeness (QED) is 0.751. The van der Waals surface area contributed by atoms with Crippen molar-refractivity contribution < 1.29 is 14.7 Å². The lowest BCUT2D eigenvalue weighted by Gasteiger charge is -2.26. The number of aliphatic carboxylic acids is 1. The van der Waals surface area contributed by atoms with E-state index in [4.69, 9.17) is 5.11 Å². The highest BCUT2D eigenvalue weighted by molar-refractivity contribution is 5.87. The van der Waals surface area contributed by atoms with Crippen molar-refractivity contribution in [1.29, 1.82) is 0 Å². The van der Waals surface area contributed by atoms with Gasteiger partial charge in [-0.2, -0.15) is 0 Å².